The summed E-state index contributed by atoms with van der Waals surface area (Å²) < 4.78 is 4.11. The van der Waals surface area contributed by atoms with Crippen LogP contribution in [0.1, 0.15) is 21.8 Å². The summed E-state index contributed by atoms with van der Waals surface area (Å²) in [7, 11) is 1.35. The number of esters is 1. The Morgan fingerprint density at radius 3 is 1.57 bits per heavy atom. The third-order valence-electron chi connectivity index (χ3n) is 0.287. The normalized spacial score (nSPS) is 4.86. The molecule has 0 radical (unpaired) electrons. The van der Waals surface area contributed by atoms with E-state index in [9.17, 15) is 4.79 Å². The first kappa shape index (κ1) is 16.1. The zero-order valence-corrected chi connectivity index (χ0v) is 3.32. The van der Waals surface area contributed by atoms with Crippen LogP contribution in [0.4, 0.5) is 0 Å². The van der Waals surface area contributed by atoms with Gasteiger partial charge in [-0.15, -0.1) is 0 Å². The quantitative estimate of drug-likeness (QED) is 0.437. The largest absolute Gasteiger partial charge is 0.469 e. The molecule has 0 aromatic heterocycles. The van der Waals surface area contributed by atoms with E-state index in [-0.39, 0.29) is 20.8 Å². The monoisotopic (exact) mass is 106 g/mol. The van der Waals surface area contributed by atoms with Crippen LogP contribution < -0.4 is 0 Å². The van der Waals surface area contributed by atoms with Crippen molar-refractivity contribution in [2.75, 3.05) is 7.11 Å². The molecule has 0 saturated heterocycles. The summed E-state index contributed by atoms with van der Waals surface area (Å²) >= 11 is 0. The standard InChI is InChI=1S/C3H6O2.2CH4/c1-3(4)5-2;;/h1-2H3;2*1H4. The summed E-state index contributed by atoms with van der Waals surface area (Å²) in [6.07, 6.45) is 0. The molecule has 0 atom stereocenters. The van der Waals surface area contributed by atoms with E-state index in [0.29, 0.717) is 0 Å². The van der Waals surface area contributed by atoms with E-state index in [2.05, 4.69) is 4.74 Å². The van der Waals surface area contributed by atoms with Crippen LogP contribution in [0.25, 0.3) is 0 Å². The van der Waals surface area contributed by atoms with Crippen molar-refractivity contribution < 1.29 is 9.53 Å². The molecule has 0 bridgehead atoms. The highest BCUT2D eigenvalue weighted by Crippen LogP contribution is 1.60. The lowest BCUT2D eigenvalue weighted by Crippen LogP contribution is -1.88. The number of hydrogen-bond donors (Lipinski definition) is 0. The number of methoxy groups -OCH3 is 1. The highest BCUT2D eigenvalue weighted by atomic mass is 16.5. The van der Waals surface area contributed by atoms with Gasteiger partial charge in [0.2, 0.25) is 0 Å². The van der Waals surface area contributed by atoms with E-state index in [0.717, 1.165) is 0 Å². The number of ether oxygens (including phenoxy) is 1. The lowest BCUT2D eigenvalue weighted by Gasteiger charge is -1.80. The first-order valence-corrected chi connectivity index (χ1v) is 1.32. The van der Waals surface area contributed by atoms with Gasteiger partial charge in [0.15, 0.2) is 0 Å². The molecule has 2 nitrogen and oxygen atoms in total. The van der Waals surface area contributed by atoms with Gasteiger partial charge in [-0.1, -0.05) is 14.9 Å². The molecule has 0 fully saturated rings. The van der Waals surface area contributed by atoms with E-state index in [1.165, 1.54) is 14.0 Å². The molecule has 0 aliphatic carbocycles. The van der Waals surface area contributed by atoms with Gasteiger partial charge in [0.1, 0.15) is 0 Å². The van der Waals surface area contributed by atoms with Crippen LogP contribution in [0, 0.1) is 0 Å². The van der Waals surface area contributed by atoms with Crippen molar-refractivity contribution in [2.45, 2.75) is 21.8 Å². The van der Waals surface area contributed by atoms with Crippen LogP contribution in [-0.2, 0) is 9.53 Å². The van der Waals surface area contributed by atoms with Crippen LogP contribution in [0.15, 0.2) is 0 Å². The van der Waals surface area contributed by atoms with Crippen molar-refractivity contribution in [3.63, 3.8) is 0 Å². The minimum atomic E-state index is -0.245. The third kappa shape index (κ3) is 30.5. The fourth-order valence-electron chi connectivity index (χ4n) is 0. The fraction of sp³-hybridized carbons (Fsp3) is 0.800. The molecule has 0 unspecified atom stereocenters. The predicted octanol–water partition coefficient (Wildman–Crippen LogP) is 1.45. The summed E-state index contributed by atoms with van der Waals surface area (Å²) in [6.45, 7) is 1.36. The SMILES string of the molecule is C.C.COC(C)=O. The van der Waals surface area contributed by atoms with Crippen molar-refractivity contribution in [2.24, 2.45) is 0 Å². The molecule has 0 aliphatic heterocycles. The van der Waals surface area contributed by atoms with E-state index < -0.39 is 0 Å². The predicted molar refractivity (Wildman–Crippen MR) is 31.2 cm³/mol. The second kappa shape index (κ2) is 9.08. The van der Waals surface area contributed by atoms with E-state index in [1.54, 1.807) is 0 Å². The Hall–Kier alpha value is -0.530. The Morgan fingerprint density at radius 2 is 1.57 bits per heavy atom. The summed E-state index contributed by atoms with van der Waals surface area (Å²) in [6, 6.07) is 0. The van der Waals surface area contributed by atoms with Gasteiger partial charge in [-0.2, -0.15) is 0 Å². The van der Waals surface area contributed by atoms with Gasteiger partial charge < -0.3 is 4.74 Å². The topological polar surface area (TPSA) is 26.3 Å². The van der Waals surface area contributed by atoms with Crippen LogP contribution in [0.3, 0.4) is 0 Å². The van der Waals surface area contributed by atoms with Gasteiger partial charge in [0, 0.05) is 6.92 Å². The first-order chi connectivity index (χ1) is 2.27. The van der Waals surface area contributed by atoms with E-state index >= 15 is 0 Å². The molecule has 2 heteroatoms. The molecule has 0 N–H and O–H groups in total. The summed E-state index contributed by atoms with van der Waals surface area (Å²) in [5.74, 6) is -0.245. The van der Waals surface area contributed by atoms with Gasteiger partial charge in [-0.25, -0.2) is 0 Å². The molecule has 0 saturated carbocycles. The number of rotatable bonds is 0. The van der Waals surface area contributed by atoms with Crippen molar-refractivity contribution in [3.8, 4) is 0 Å². The summed E-state index contributed by atoms with van der Waals surface area (Å²) in [4.78, 5) is 9.59. The molecule has 0 aromatic carbocycles. The number of hydrogen-bond acceptors (Lipinski definition) is 2. The molecule has 0 aliphatic rings. The summed E-state index contributed by atoms with van der Waals surface area (Å²) in [5.41, 5.74) is 0. The molecular formula is C5H14O2. The Morgan fingerprint density at radius 1 is 1.43 bits per heavy atom. The first-order valence-electron chi connectivity index (χ1n) is 1.32. The van der Waals surface area contributed by atoms with Gasteiger partial charge in [-0.3, -0.25) is 4.79 Å². The smallest absolute Gasteiger partial charge is 0.302 e. The van der Waals surface area contributed by atoms with Crippen molar-refractivity contribution >= 4 is 5.97 Å². The second-order valence-corrected chi connectivity index (χ2v) is 0.696. The Kier molecular flexibility index (Phi) is 20.8. The molecule has 0 rings (SSSR count). The summed E-state index contributed by atoms with van der Waals surface area (Å²) in [5, 5.41) is 0. The zero-order valence-electron chi connectivity index (χ0n) is 3.32. The molecule has 46 valence electrons. The second-order valence-electron chi connectivity index (χ2n) is 0.696. The average Bonchev–Trinajstić information content (AvgIpc) is 1.38. The van der Waals surface area contributed by atoms with Crippen LogP contribution in [0.2, 0.25) is 0 Å². The van der Waals surface area contributed by atoms with E-state index in [4.69, 9.17) is 0 Å². The fourth-order valence-corrected chi connectivity index (χ4v) is 0. The Labute approximate surface area is 45.5 Å². The Bertz CT molecular complexity index is 41.3. The molecule has 7 heavy (non-hydrogen) atoms. The van der Waals surface area contributed by atoms with Gasteiger partial charge in [0.25, 0.3) is 0 Å². The van der Waals surface area contributed by atoms with Gasteiger partial charge in [-0.05, 0) is 0 Å². The number of carbonyl (C=O) groups is 1. The third-order valence-corrected chi connectivity index (χ3v) is 0.287. The van der Waals surface area contributed by atoms with Crippen molar-refractivity contribution in [1.82, 2.24) is 0 Å². The van der Waals surface area contributed by atoms with Crippen molar-refractivity contribution in [1.29, 1.82) is 0 Å². The molecule has 0 amide bonds. The minimum absolute atomic E-state index is 0. The van der Waals surface area contributed by atoms with Crippen molar-refractivity contribution in [3.05, 3.63) is 0 Å². The number of carbonyl (C=O) groups excluding carboxylic acids is 1. The maximum atomic E-state index is 9.59. The van der Waals surface area contributed by atoms with Crippen LogP contribution in [-0.4, -0.2) is 13.1 Å². The maximum absolute atomic E-state index is 9.59. The van der Waals surface area contributed by atoms with Gasteiger partial charge in [0.05, 0.1) is 7.11 Å². The molecule has 0 spiro atoms. The van der Waals surface area contributed by atoms with E-state index in [1.807, 2.05) is 0 Å². The van der Waals surface area contributed by atoms with Crippen LogP contribution >= 0.6 is 0 Å². The molecule has 0 heterocycles. The minimum Gasteiger partial charge on any atom is -0.469 e. The lowest BCUT2D eigenvalue weighted by molar-refractivity contribution is -0.137. The highest BCUT2D eigenvalue weighted by molar-refractivity contribution is 5.65. The highest BCUT2D eigenvalue weighted by Gasteiger charge is 1.75. The average molecular weight is 106 g/mol. The molecule has 0 aromatic rings. The lowest BCUT2D eigenvalue weighted by atomic mass is 10.8. The maximum Gasteiger partial charge on any atom is 0.302 e. The Balaban J connectivity index is -0.0000000800. The van der Waals surface area contributed by atoms with Gasteiger partial charge >= 0.3 is 5.97 Å². The van der Waals surface area contributed by atoms with Crippen LogP contribution in [0.5, 0.6) is 0 Å². The zero-order chi connectivity index (χ0) is 4.28. The molecular weight excluding hydrogens is 92.1 g/mol.